The third-order valence-electron chi connectivity index (χ3n) is 2.50. The Kier molecular flexibility index (Phi) is 1.85. The molecule has 0 aliphatic heterocycles. The summed E-state index contributed by atoms with van der Waals surface area (Å²) in [4.78, 5) is 0. The summed E-state index contributed by atoms with van der Waals surface area (Å²) in [6.45, 7) is 0. The maximum Gasteiger partial charge on any atom is 0.126 e. The van der Waals surface area contributed by atoms with Crippen molar-refractivity contribution in [2.75, 3.05) is 0 Å². The van der Waals surface area contributed by atoms with E-state index in [0.29, 0.717) is 0 Å². The number of halogens is 1. The molecule has 0 unspecified atom stereocenters. The van der Waals surface area contributed by atoms with Crippen LogP contribution in [0, 0.1) is 5.82 Å². The highest BCUT2D eigenvalue weighted by molar-refractivity contribution is 5.33. The Labute approximate surface area is 71.4 Å². The Balaban J connectivity index is 2.52. The molecule has 0 bridgehead atoms. The van der Waals surface area contributed by atoms with Crippen molar-refractivity contribution in [1.29, 1.82) is 0 Å². The van der Waals surface area contributed by atoms with Crippen LogP contribution in [-0.2, 0) is 6.42 Å². The van der Waals surface area contributed by atoms with Crippen molar-refractivity contribution in [1.82, 2.24) is 0 Å². The molecule has 1 aromatic carbocycles. The highest BCUT2D eigenvalue weighted by Gasteiger charge is 2.18. The standard InChI is InChI=1S/C10H12FN/c11-9-5-1-4-8-7(9)3-2-6-10(8)12/h1,4-5,10H,2-3,6,12H2/t10-/m1/s1. The summed E-state index contributed by atoms with van der Waals surface area (Å²) < 4.78 is 13.2. The molecule has 0 aromatic heterocycles. The van der Waals surface area contributed by atoms with Gasteiger partial charge in [0.1, 0.15) is 5.82 Å². The fourth-order valence-corrected chi connectivity index (χ4v) is 1.84. The summed E-state index contributed by atoms with van der Waals surface area (Å²) in [7, 11) is 0. The van der Waals surface area contributed by atoms with Crippen LogP contribution in [0.5, 0.6) is 0 Å². The van der Waals surface area contributed by atoms with Crippen LogP contribution >= 0.6 is 0 Å². The number of benzene rings is 1. The van der Waals surface area contributed by atoms with Crippen molar-refractivity contribution < 1.29 is 4.39 Å². The Morgan fingerprint density at radius 2 is 2.25 bits per heavy atom. The van der Waals surface area contributed by atoms with Crippen LogP contribution in [0.15, 0.2) is 18.2 Å². The van der Waals surface area contributed by atoms with Crippen molar-refractivity contribution in [3.8, 4) is 0 Å². The van der Waals surface area contributed by atoms with Gasteiger partial charge in [-0.1, -0.05) is 12.1 Å². The van der Waals surface area contributed by atoms with Gasteiger partial charge in [0, 0.05) is 6.04 Å². The summed E-state index contributed by atoms with van der Waals surface area (Å²) >= 11 is 0. The average Bonchev–Trinajstić information content (AvgIpc) is 2.07. The van der Waals surface area contributed by atoms with Crippen molar-refractivity contribution in [3.63, 3.8) is 0 Å². The van der Waals surface area contributed by atoms with Crippen LogP contribution in [-0.4, -0.2) is 0 Å². The molecule has 0 saturated carbocycles. The molecule has 0 heterocycles. The van der Waals surface area contributed by atoms with Crippen molar-refractivity contribution >= 4 is 0 Å². The van der Waals surface area contributed by atoms with Gasteiger partial charge in [-0.05, 0) is 36.5 Å². The van der Waals surface area contributed by atoms with Gasteiger partial charge in [-0.3, -0.25) is 0 Å². The molecule has 2 heteroatoms. The minimum atomic E-state index is -0.0948. The maximum atomic E-state index is 13.2. The van der Waals surface area contributed by atoms with Crippen LogP contribution < -0.4 is 5.73 Å². The third kappa shape index (κ3) is 1.12. The molecule has 0 saturated heterocycles. The lowest BCUT2D eigenvalue weighted by atomic mass is 9.88. The molecule has 0 spiro atoms. The predicted octanol–water partition coefficient (Wildman–Crippen LogP) is 2.16. The first-order valence-electron chi connectivity index (χ1n) is 4.32. The molecule has 2 N–H and O–H groups in total. The fourth-order valence-electron chi connectivity index (χ4n) is 1.84. The molecule has 1 nitrogen and oxygen atoms in total. The molecule has 1 atom stereocenters. The predicted molar refractivity (Wildman–Crippen MR) is 46.3 cm³/mol. The minimum absolute atomic E-state index is 0.0458. The molecule has 1 aromatic rings. The third-order valence-corrected chi connectivity index (χ3v) is 2.50. The monoisotopic (exact) mass is 165 g/mol. The molecule has 2 rings (SSSR count). The molecule has 0 amide bonds. The van der Waals surface area contributed by atoms with Gasteiger partial charge < -0.3 is 5.73 Å². The Morgan fingerprint density at radius 1 is 1.42 bits per heavy atom. The summed E-state index contributed by atoms with van der Waals surface area (Å²) in [5.74, 6) is -0.0948. The number of nitrogens with two attached hydrogens (primary N) is 1. The molecule has 0 radical (unpaired) electrons. The van der Waals surface area contributed by atoms with E-state index in [0.717, 1.165) is 30.4 Å². The van der Waals surface area contributed by atoms with E-state index in [1.807, 2.05) is 6.07 Å². The normalized spacial score (nSPS) is 22.0. The van der Waals surface area contributed by atoms with E-state index >= 15 is 0 Å². The maximum absolute atomic E-state index is 13.2. The Bertz CT molecular complexity index is 296. The summed E-state index contributed by atoms with van der Waals surface area (Å²) in [6, 6.07) is 5.22. The average molecular weight is 165 g/mol. The van der Waals surface area contributed by atoms with Gasteiger partial charge in [0.05, 0.1) is 0 Å². The number of fused-ring (bicyclic) bond motifs is 1. The molecule has 0 fully saturated rings. The van der Waals surface area contributed by atoms with E-state index in [9.17, 15) is 4.39 Å². The molecule has 1 aliphatic rings. The van der Waals surface area contributed by atoms with E-state index in [2.05, 4.69) is 0 Å². The summed E-state index contributed by atoms with van der Waals surface area (Å²) in [5, 5.41) is 0. The molecule has 64 valence electrons. The van der Waals surface area contributed by atoms with Gasteiger partial charge in [-0.2, -0.15) is 0 Å². The van der Waals surface area contributed by atoms with Gasteiger partial charge in [0.15, 0.2) is 0 Å². The van der Waals surface area contributed by atoms with E-state index in [-0.39, 0.29) is 11.9 Å². The molecule has 1 aliphatic carbocycles. The van der Waals surface area contributed by atoms with Gasteiger partial charge >= 0.3 is 0 Å². The van der Waals surface area contributed by atoms with Crippen LogP contribution in [0.2, 0.25) is 0 Å². The fraction of sp³-hybridized carbons (Fsp3) is 0.400. The van der Waals surface area contributed by atoms with Gasteiger partial charge in [-0.15, -0.1) is 0 Å². The zero-order chi connectivity index (χ0) is 8.55. The van der Waals surface area contributed by atoms with Crippen LogP contribution in [0.25, 0.3) is 0 Å². The lowest BCUT2D eigenvalue weighted by Crippen LogP contribution is -2.18. The van der Waals surface area contributed by atoms with Gasteiger partial charge in [-0.25, -0.2) is 4.39 Å². The van der Waals surface area contributed by atoms with Gasteiger partial charge in [0.25, 0.3) is 0 Å². The highest BCUT2D eigenvalue weighted by atomic mass is 19.1. The largest absolute Gasteiger partial charge is 0.324 e. The smallest absolute Gasteiger partial charge is 0.126 e. The second kappa shape index (κ2) is 2.87. The number of hydrogen-bond donors (Lipinski definition) is 1. The SMILES string of the molecule is N[C@@H]1CCCc2c(F)cccc21. The minimum Gasteiger partial charge on any atom is -0.324 e. The Hall–Kier alpha value is -0.890. The van der Waals surface area contributed by atoms with E-state index < -0.39 is 0 Å². The first-order valence-corrected chi connectivity index (χ1v) is 4.32. The first kappa shape index (κ1) is 7.74. The zero-order valence-corrected chi connectivity index (χ0v) is 6.89. The van der Waals surface area contributed by atoms with Crippen molar-refractivity contribution in [2.24, 2.45) is 5.73 Å². The molecular formula is C10H12FN. The topological polar surface area (TPSA) is 26.0 Å². The first-order chi connectivity index (χ1) is 5.79. The lowest BCUT2D eigenvalue weighted by Gasteiger charge is -2.22. The molecule has 12 heavy (non-hydrogen) atoms. The number of hydrogen-bond acceptors (Lipinski definition) is 1. The highest BCUT2D eigenvalue weighted by Crippen LogP contribution is 2.29. The van der Waals surface area contributed by atoms with E-state index in [1.165, 1.54) is 6.07 Å². The van der Waals surface area contributed by atoms with Crippen LogP contribution in [0.3, 0.4) is 0 Å². The summed E-state index contributed by atoms with van der Waals surface area (Å²) in [6.07, 6.45) is 2.83. The second-order valence-corrected chi connectivity index (χ2v) is 3.31. The van der Waals surface area contributed by atoms with E-state index in [4.69, 9.17) is 5.73 Å². The van der Waals surface area contributed by atoms with E-state index in [1.54, 1.807) is 6.07 Å². The second-order valence-electron chi connectivity index (χ2n) is 3.31. The quantitative estimate of drug-likeness (QED) is 0.626. The Morgan fingerprint density at radius 3 is 3.00 bits per heavy atom. The van der Waals surface area contributed by atoms with Crippen molar-refractivity contribution in [2.45, 2.75) is 25.3 Å². The molecular weight excluding hydrogens is 153 g/mol. The van der Waals surface area contributed by atoms with Crippen molar-refractivity contribution in [3.05, 3.63) is 35.1 Å². The number of rotatable bonds is 0. The van der Waals surface area contributed by atoms with Crippen LogP contribution in [0.4, 0.5) is 4.39 Å². The summed E-state index contributed by atoms with van der Waals surface area (Å²) in [5.41, 5.74) is 7.68. The zero-order valence-electron chi connectivity index (χ0n) is 6.89. The lowest BCUT2D eigenvalue weighted by molar-refractivity contribution is 0.531. The van der Waals surface area contributed by atoms with Gasteiger partial charge in [0.2, 0.25) is 0 Å². The van der Waals surface area contributed by atoms with Crippen LogP contribution in [0.1, 0.15) is 30.0 Å².